The first-order valence-electron chi connectivity index (χ1n) is 6.33. The second-order valence-electron chi connectivity index (χ2n) is 4.76. The molecule has 3 nitrogen and oxygen atoms in total. The molecule has 104 valence electrons. The van der Waals surface area contributed by atoms with Gasteiger partial charge >= 0.3 is 0 Å². The molecule has 2 aromatic rings. The molecule has 1 aromatic heterocycles. The van der Waals surface area contributed by atoms with E-state index in [1.54, 1.807) is 0 Å². The average molecular weight is 280 g/mol. The molecule has 0 atom stereocenters. The van der Waals surface area contributed by atoms with Gasteiger partial charge in [-0.25, -0.2) is 17.9 Å². The van der Waals surface area contributed by atoms with Crippen LogP contribution in [0.1, 0.15) is 35.3 Å². The first-order chi connectivity index (χ1) is 9.58. The van der Waals surface area contributed by atoms with Gasteiger partial charge in [-0.3, -0.25) is 4.79 Å². The molecule has 0 radical (unpaired) electrons. The first-order valence-corrected chi connectivity index (χ1v) is 6.33. The number of nitrogens with zero attached hydrogens (tertiary/aromatic N) is 2. The van der Waals surface area contributed by atoms with Crippen molar-refractivity contribution in [3.8, 4) is 5.69 Å². The first kappa shape index (κ1) is 12.9. The van der Waals surface area contributed by atoms with Gasteiger partial charge in [-0.05, 0) is 19.3 Å². The maximum atomic E-state index is 13.8. The van der Waals surface area contributed by atoms with Crippen LogP contribution in [0.5, 0.6) is 0 Å². The minimum Gasteiger partial charge on any atom is -0.294 e. The summed E-state index contributed by atoms with van der Waals surface area (Å²) in [6.45, 7) is 0. The van der Waals surface area contributed by atoms with Crippen molar-refractivity contribution < 1.29 is 18.0 Å². The summed E-state index contributed by atoms with van der Waals surface area (Å²) in [4.78, 5) is 11.9. The van der Waals surface area contributed by atoms with Crippen LogP contribution < -0.4 is 0 Å². The fourth-order valence-corrected chi connectivity index (χ4v) is 2.44. The number of hydrogen-bond acceptors (Lipinski definition) is 2. The molecule has 0 spiro atoms. The number of ketones is 1. The lowest BCUT2D eigenvalue weighted by molar-refractivity contribution is 0.0982. The number of aromatic nitrogens is 2. The van der Waals surface area contributed by atoms with E-state index < -0.39 is 17.5 Å². The van der Waals surface area contributed by atoms with Gasteiger partial charge in [0.1, 0.15) is 5.69 Å². The zero-order valence-corrected chi connectivity index (χ0v) is 10.5. The van der Waals surface area contributed by atoms with E-state index in [2.05, 4.69) is 5.10 Å². The highest BCUT2D eigenvalue weighted by Gasteiger charge is 2.23. The molecular weight excluding hydrogens is 269 g/mol. The molecule has 0 saturated carbocycles. The molecule has 0 bridgehead atoms. The zero-order chi connectivity index (χ0) is 14.3. The highest BCUT2D eigenvalue weighted by atomic mass is 19.2. The number of benzene rings is 1. The van der Waals surface area contributed by atoms with Crippen LogP contribution in [0.15, 0.2) is 18.3 Å². The molecule has 1 heterocycles. The van der Waals surface area contributed by atoms with Crippen molar-refractivity contribution in [1.29, 1.82) is 0 Å². The van der Waals surface area contributed by atoms with Crippen molar-refractivity contribution in [2.75, 3.05) is 0 Å². The summed E-state index contributed by atoms with van der Waals surface area (Å²) in [7, 11) is 0. The Bertz CT molecular complexity index is 694. The maximum absolute atomic E-state index is 13.8. The van der Waals surface area contributed by atoms with Gasteiger partial charge in [0.15, 0.2) is 23.2 Å². The molecule has 1 aliphatic rings. The second-order valence-corrected chi connectivity index (χ2v) is 4.76. The van der Waals surface area contributed by atoms with Gasteiger partial charge in [0.2, 0.25) is 0 Å². The molecule has 1 aromatic carbocycles. The molecule has 0 fully saturated rings. The summed E-state index contributed by atoms with van der Waals surface area (Å²) < 4.78 is 41.3. The third kappa shape index (κ3) is 2.01. The number of carbonyl (C=O) groups is 1. The number of Topliss-reactive ketones (excluding diaryl/α,β-unsaturated/α-hetero) is 1. The Labute approximate surface area is 113 Å². The topological polar surface area (TPSA) is 34.9 Å². The van der Waals surface area contributed by atoms with E-state index in [9.17, 15) is 18.0 Å². The summed E-state index contributed by atoms with van der Waals surface area (Å²) in [5, 5.41) is 3.96. The number of carbonyl (C=O) groups excluding carboxylic acids is 1. The lowest BCUT2D eigenvalue weighted by Gasteiger charge is -2.09. The molecule has 0 unspecified atom stereocenters. The number of hydrogen-bond donors (Lipinski definition) is 0. The summed E-state index contributed by atoms with van der Waals surface area (Å²) in [5.41, 5.74) is 0.809. The normalized spacial score (nSPS) is 15.1. The Morgan fingerprint density at radius 1 is 1.00 bits per heavy atom. The monoisotopic (exact) mass is 280 g/mol. The molecule has 0 N–H and O–H groups in total. The average Bonchev–Trinajstić information content (AvgIpc) is 2.74. The van der Waals surface area contributed by atoms with Crippen LogP contribution >= 0.6 is 0 Å². The van der Waals surface area contributed by atoms with Crippen LogP contribution in [0.25, 0.3) is 5.69 Å². The molecular formula is C14H11F3N2O. The summed E-state index contributed by atoms with van der Waals surface area (Å²) >= 11 is 0. The predicted molar refractivity (Wildman–Crippen MR) is 65.3 cm³/mol. The van der Waals surface area contributed by atoms with Crippen LogP contribution in [0.3, 0.4) is 0 Å². The van der Waals surface area contributed by atoms with Gasteiger partial charge in [-0.1, -0.05) is 0 Å². The highest BCUT2D eigenvalue weighted by molar-refractivity contribution is 5.97. The third-order valence-electron chi connectivity index (χ3n) is 3.45. The van der Waals surface area contributed by atoms with Gasteiger partial charge in [0.25, 0.3) is 0 Å². The smallest absolute Gasteiger partial charge is 0.166 e. The van der Waals surface area contributed by atoms with Gasteiger partial charge in [-0.2, -0.15) is 5.10 Å². The van der Waals surface area contributed by atoms with Gasteiger partial charge < -0.3 is 0 Å². The van der Waals surface area contributed by atoms with E-state index >= 15 is 0 Å². The molecule has 0 aliphatic heterocycles. The summed E-state index contributed by atoms with van der Waals surface area (Å²) in [6, 6.07) is 1.24. The lowest BCUT2D eigenvalue weighted by atomic mass is 10.1. The minimum atomic E-state index is -1.25. The molecule has 3 rings (SSSR count). The van der Waals surface area contributed by atoms with E-state index in [0.717, 1.165) is 18.9 Å². The van der Waals surface area contributed by atoms with Crippen molar-refractivity contribution in [2.45, 2.75) is 25.7 Å². The third-order valence-corrected chi connectivity index (χ3v) is 3.45. The molecule has 1 aliphatic carbocycles. The van der Waals surface area contributed by atoms with Crippen molar-refractivity contribution in [2.24, 2.45) is 0 Å². The number of fused-ring (bicyclic) bond motifs is 1. The Morgan fingerprint density at radius 3 is 2.50 bits per heavy atom. The maximum Gasteiger partial charge on any atom is 0.166 e. The molecule has 0 saturated heterocycles. The van der Waals surface area contributed by atoms with Gasteiger partial charge in [0, 0.05) is 18.6 Å². The fraction of sp³-hybridized carbons (Fsp3) is 0.286. The standard InChI is InChI=1S/C14H11F3N2O/c15-9-5-11(17)13(6-10(9)16)19-12-3-1-2-4-14(20)8(12)7-18-19/h5-7H,1-4H2. The van der Waals surface area contributed by atoms with E-state index in [4.69, 9.17) is 0 Å². The molecule has 0 amide bonds. The van der Waals surface area contributed by atoms with Crippen LogP contribution in [-0.4, -0.2) is 15.6 Å². The molecule has 20 heavy (non-hydrogen) atoms. The van der Waals surface area contributed by atoms with Gasteiger partial charge in [-0.15, -0.1) is 0 Å². The highest BCUT2D eigenvalue weighted by Crippen LogP contribution is 2.25. The number of rotatable bonds is 1. The van der Waals surface area contributed by atoms with Crippen molar-refractivity contribution in [1.82, 2.24) is 9.78 Å². The minimum absolute atomic E-state index is 0.0493. The largest absolute Gasteiger partial charge is 0.294 e. The van der Waals surface area contributed by atoms with Crippen LogP contribution in [-0.2, 0) is 6.42 Å². The quantitative estimate of drug-likeness (QED) is 0.594. The van der Waals surface area contributed by atoms with Crippen LogP contribution in [0, 0.1) is 17.5 Å². The van der Waals surface area contributed by atoms with Crippen LogP contribution in [0.4, 0.5) is 13.2 Å². The van der Waals surface area contributed by atoms with E-state index in [1.165, 1.54) is 10.9 Å². The molecule has 6 heteroatoms. The Hall–Kier alpha value is -2.11. The predicted octanol–water partition coefficient (Wildman–Crippen LogP) is 3.20. The van der Waals surface area contributed by atoms with E-state index in [-0.39, 0.29) is 11.5 Å². The van der Waals surface area contributed by atoms with Crippen molar-refractivity contribution in [3.05, 3.63) is 47.0 Å². The Balaban J connectivity index is 2.17. The fourth-order valence-electron chi connectivity index (χ4n) is 2.44. The Kier molecular flexibility index (Phi) is 3.08. The van der Waals surface area contributed by atoms with E-state index in [1.807, 2.05) is 0 Å². The van der Waals surface area contributed by atoms with Crippen molar-refractivity contribution >= 4 is 5.78 Å². The zero-order valence-electron chi connectivity index (χ0n) is 10.5. The SMILES string of the molecule is O=C1CCCCc2c1cnn2-c1cc(F)c(F)cc1F. The van der Waals surface area contributed by atoms with Gasteiger partial charge in [0.05, 0.1) is 17.5 Å². The van der Waals surface area contributed by atoms with E-state index in [0.29, 0.717) is 30.2 Å². The second kappa shape index (κ2) is 4.77. The van der Waals surface area contributed by atoms with Crippen molar-refractivity contribution in [3.63, 3.8) is 0 Å². The summed E-state index contributed by atoms with van der Waals surface area (Å²) in [6.07, 6.45) is 3.88. The lowest BCUT2D eigenvalue weighted by Crippen LogP contribution is -2.07. The Morgan fingerprint density at radius 2 is 1.70 bits per heavy atom. The number of halogens is 3. The summed E-state index contributed by atoms with van der Waals surface area (Å²) in [5.74, 6) is -3.36. The van der Waals surface area contributed by atoms with Crippen LogP contribution in [0.2, 0.25) is 0 Å².